The molecule has 1 heterocycles. The fourth-order valence-electron chi connectivity index (χ4n) is 1.76. The van der Waals surface area contributed by atoms with E-state index in [-0.39, 0.29) is 0 Å². The summed E-state index contributed by atoms with van der Waals surface area (Å²) in [4.78, 5) is 8.41. The molecule has 0 bridgehead atoms. The summed E-state index contributed by atoms with van der Waals surface area (Å²) in [6.07, 6.45) is 3.22. The first-order chi connectivity index (χ1) is 8.80. The third-order valence-electron chi connectivity index (χ3n) is 2.63. The number of benzene rings is 1. The standard InChI is InChI=1S/C13H15N3O2/c1-17-11-4-3-9(7-10(11)8-14)12-13(18-2)16-6-5-15-12/h3-7H,8,14H2,1-2H3. The zero-order valence-electron chi connectivity index (χ0n) is 10.4. The van der Waals surface area contributed by atoms with Gasteiger partial charge in [-0.2, -0.15) is 0 Å². The molecule has 0 amide bonds. The van der Waals surface area contributed by atoms with E-state index in [0.717, 1.165) is 16.9 Å². The molecule has 0 fully saturated rings. The molecule has 5 heteroatoms. The molecule has 94 valence electrons. The summed E-state index contributed by atoms with van der Waals surface area (Å²) in [7, 11) is 3.19. The topological polar surface area (TPSA) is 70.3 Å². The van der Waals surface area contributed by atoms with Crippen LogP contribution < -0.4 is 15.2 Å². The highest BCUT2D eigenvalue weighted by Crippen LogP contribution is 2.29. The number of hydrogen-bond acceptors (Lipinski definition) is 5. The minimum Gasteiger partial charge on any atom is -0.496 e. The number of hydrogen-bond donors (Lipinski definition) is 1. The van der Waals surface area contributed by atoms with Gasteiger partial charge in [-0.1, -0.05) is 0 Å². The Kier molecular flexibility index (Phi) is 3.74. The summed E-state index contributed by atoms with van der Waals surface area (Å²) < 4.78 is 10.4. The summed E-state index contributed by atoms with van der Waals surface area (Å²) >= 11 is 0. The van der Waals surface area contributed by atoms with Crippen molar-refractivity contribution in [3.8, 4) is 22.9 Å². The van der Waals surface area contributed by atoms with E-state index in [4.69, 9.17) is 15.2 Å². The summed E-state index contributed by atoms with van der Waals surface area (Å²) in [5.74, 6) is 1.26. The Balaban J connectivity index is 2.51. The van der Waals surface area contributed by atoms with E-state index in [0.29, 0.717) is 18.1 Å². The zero-order valence-corrected chi connectivity index (χ0v) is 10.4. The normalized spacial score (nSPS) is 10.2. The van der Waals surface area contributed by atoms with Gasteiger partial charge in [0.15, 0.2) is 0 Å². The predicted octanol–water partition coefficient (Wildman–Crippen LogP) is 1.62. The highest BCUT2D eigenvalue weighted by Gasteiger charge is 2.10. The molecule has 0 aliphatic carbocycles. The fraction of sp³-hybridized carbons (Fsp3) is 0.231. The summed E-state index contributed by atoms with van der Waals surface area (Å²) in [5.41, 5.74) is 8.21. The van der Waals surface area contributed by atoms with Crippen molar-refractivity contribution in [3.63, 3.8) is 0 Å². The smallest absolute Gasteiger partial charge is 0.240 e. The number of rotatable bonds is 4. The molecule has 0 spiro atoms. The molecular weight excluding hydrogens is 230 g/mol. The minimum atomic E-state index is 0.402. The van der Waals surface area contributed by atoms with Gasteiger partial charge in [-0.05, 0) is 18.2 Å². The Morgan fingerprint density at radius 2 is 1.89 bits per heavy atom. The Morgan fingerprint density at radius 1 is 1.11 bits per heavy atom. The average molecular weight is 245 g/mol. The molecule has 0 aliphatic rings. The molecule has 1 aromatic carbocycles. The van der Waals surface area contributed by atoms with Crippen LogP contribution in [0.4, 0.5) is 0 Å². The highest BCUT2D eigenvalue weighted by molar-refractivity contribution is 5.66. The molecule has 18 heavy (non-hydrogen) atoms. The first-order valence-corrected chi connectivity index (χ1v) is 5.52. The van der Waals surface area contributed by atoms with Gasteiger partial charge in [0.2, 0.25) is 5.88 Å². The van der Waals surface area contributed by atoms with E-state index >= 15 is 0 Å². The summed E-state index contributed by atoms with van der Waals surface area (Å²) in [5, 5.41) is 0. The molecule has 1 aromatic heterocycles. The molecule has 2 rings (SSSR count). The predicted molar refractivity (Wildman–Crippen MR) is 68.5 cm³/mol. The average Bonchev–Trinajstić information content (AvgIpc) is 2.46. The first kappa shape index (κ1) is 12.3. The van der Waals surface area contributed by atoms with Crippen molar-refractivity contribution in [1.82, 2.24) is 9.97 Å². The number of nitrogens with zero attached hydrogens (tertiary/aromatic N) is 2. The van der Waals surface area contributed by atoms with E-state index in [1.807, 2.05) is 18.2 Å². The van der Waals surface area contributed by atoms with Gasteiger partial charge >= 0.3 is 0 Å². The molecule has 2 aromatic rings. The maximum absolute atomic E-state index is 5.70. The van der Waals surface area contributed by atoms with Crippen molar-refractivity contribution in [2.24, 2.45) is 5.73 Å². The van der Waals surface area contributed by atoms with Crippen LogP contribution in [0.15, 0.2) is 30.6 Å². The Hall–Kier alpha value is -2.14. The van der Waals surface area contributed by atoms with Gasteiger partial charge in [-0.3, -0.25) is 0 Å². The molecule has 5 nitrogen and oxygen atoms in total. The van der Waals surface area contributed by atoms with E-state index in [1.165, 1.54) is 0 Å². The van der Waals surface area contributed by atoms with Gasteiger partial charge in [0.25, 0.3) is 0 Å². The van der Waals surface area contributed by atoms with Crippen molar-refractivity contribution in [1.29, 1.82) is 0 Å². The van der Waals surface area contributed by atoms with Gasteiger partial charge in [-0.25, -0.2) is 9.97 Å². The van der Waals surface area contributed by atoms with Crippen LogP contribution in [0.5, 0.6) is 11.6 Å². The van der Waals surface area contributed by atoms with E-state index in [9.17, 15) is 0 Å². The second kappa shape index (κ2) is 5.46. The van der Waals surface area contributed by atoms with Gasteiger partial charge in [0.05, 0.1) is 14.2 Å². The van der Waals surface area contributed by atoms with Crippen LogP contribution in [0.3, 0.4) is 0 Å². The number of ether oxygens (including phenoxy) is 2. The molecule has 0 saturated carbocycles. The second-order valence-corrected chi connectivity index (χ2v) is 3.64. The largest absolute Gasteiger partial charge is 0.496 e. The van der Waals surface area contributed by atoms with Crippen LogP contribution in [0.2, 0.25) is 0 Å². The molecule has 0 unspecified atom stereocenters. The summed E-state index contributed by atoms with van der Waals surface area (Å²) in [6.45, 7) is 0.402. The van der Waals surface area contributed by atoms with Crippen molar-refractivity contribution in [3.05, 3.63) is 36.2 Å². The Morgan fingerprint density at radius 3 is 2.56 bits per heavy atom. The van der Waals surface area contributed by atoms with Crippen LogP contribution >= 0.6 is 0 Å². The Bertz CT molecular complexity index is 544. The van der Waals surface area contributed by atoms with Crippen LogP contribution in [0.1, 0.15) is 5.56 Å². The Labute approximate surface area is 106 Å². The molecule has 0 atom stereocenters. The van der Waals surface area contributed by atoms with Crippen molar-refractivity contribution in [2.45, 2.75) is 6.54 Å². The van der Waals surface area contributed by atoms with Crippen LogP contribution in [0.25, 0.3) is 11.3 Å². The highest BCUT2D eigenvalue weighted by atomic mass is 16.5. The third kappa shape index (κ3) is 2.26. The minimum absolute atomic E-state index is 0.402. The molecule has 2 N–H and O–H groups in total. The van der Waals surface area contributed by atoms with Crippen LogP contribution in [-0.4, -0.2) is 24.2 Å². The van der Waals surface area contributed by atoms with Gasteiger partial charge in [0, 0.05) is 30.1 Å². The maximum Gasteiger partial charge on any atom is 0.240 e. The second-order valence-electron chi connectivity index (χ2n) is 3.64. The summed E-state index contributed by atoms with van der Waals surface area (Å²) in [6, 6.07) is 5.71. The first-order valence-electron chi connectivity index (χ1n) is 5.52. The zero-order chi connectivity index (χ0) is 13.0. The van der Waals surface area contributed by atoms with E-state index in [2.05, 4.69) is 9.97 Å². The number of nitrogens with two attached hydrogens (primary N) is 1. The molecular formula is C13H15N3O2. The quantitative estimate of drug-likeness (QED) is 0.886. The van der Waals surface area contributed by atoms with Crippen LogP contribution in [0, 0.1) is 0 Å². The lowest BCUT2D eigenvalue weighted by atomic mass is 10.1. The van der Waals surface area contributed by atoms with Crippen molar-refractivity contribution < 1.29 is 9.47 Å². The van der Waals surface area contributed by atoms with Gasteiger partial charge < -0.3 is 15.2 Å². The lowest BCUT2D eigenvalue weighted by Gasteiger charge is -2.10. The van der Waals surface area contributed by atoms with E-state index < -0.39 is 0 Å². The molecule has 0 saturated heterocycles. The number of methoxy groups -OCH3 is 2. The molecule has 0 radical (unpaired) electrons. The lowest BCUT2D eigenvalue weighted by Crippen LogP contribution is -2.01. The van der Waals surface area contributed by atoms with Crippen molar-refractivity contribution in [2.75, 3.05) is 14.2 Å². The third-order valence-corrected chi connectivity index (χ3v) is 2.63. The van der Waals surface area contributed by atoms with Crippen molar-refractivity contribution >= 4 is 0 Å². The van der Waals surface area contributed by atoms with E-state index in [1.54, 1.807) is 26.6 Å². The maximum atomic E-state index is 5.70. The van der Waals surface area contributed by atoms with Crippen LogP contribution in [-0.2, 0) is 6.54 Å². The monoisotopic (exact) mass is 245 g/mol. The van der Waals surface area contributed by atoms with Gasteiger partial charge in [0.1, 0.15) is 11.4 Å². The SMILES string of the molecule is COc1ccc(-c2nccnc2OC)cc1CN. The molecule has 0 aliphatic heterocycles. The fourth-order valence-corrected chi connectivity index (χ4v) is 1.76. The van der Waals surface area contributed by atoms with Gasteiger partial charge in [-0.15, -0.1) is 0 Å². The lowest BCUT2D eigenvalue weighted by molar-refractivity contribution is 0.397. The number of aromatic nitrogens is 2.